The number of hydrogen-bond acceptors (Lipinski definition) is 6. The predicted octanol–water partition coefficient (Wildman–Crippen LogP) is 4.61. The SMILES string of the molecule is O=C(NC(=S)Nc1ccc2nn(-c3cccc4ccccc34)nc2c1)c1ccc([N+](=O)[O-])cc1. The first-order chi connectivity index (χ1) is 16.5. The molecule has 5 aromatic rings. The average molecular weight is 468 g/mol. The highest BCUT2D eigenvalue weighted by Gasteiger charge is 2.12. The van der Waals surface area contributed by atoms with Gasteiger partial charge in [-0.2, -0.15) is 0 Å². The highest BCUT2D eigenvalue weighted by Crippen LogP contribution is 2.23. The van der Waals surface area contributed by atoms with E-state index in [2.05, 4.69) is 20.8 Å². The standard InChI is InChI=1S/C24H16N6O3S/c31-23(16-8-11-18(12-9-16)30(32)33)26-24(34)25-17-10-13-20-21(14-17)28-29(27-20)22-7-3-5-15-4-1-2-6-19(15)22/h1-14H,(H2,25,26,31,34). The molecule has 4 aromatic carbocycles. The number of carbonyl (C=O) groups is 1. The molecule has 0 saturated carbocycles. The average Bonchev–Trinajstić information content (AvgIpc) is 3.27. The fraction of sp³-hybridized carbons (Fsp3) is 0. The van der Waals surface area contributed by atoms with Gasteiger partial charge in [0.05, 0.1) is 10.6 Å². The second kappa shape index (κ2) is 8.68. The van der Waals surface area contributed by atoms with Crippen LogP contribution in [0.5, 0.6) is 0 Å². The predicted molar refractivity (Wildman–Crippen MR) is 133 cm³/mol. The molecule has 0 aliphatic rings. The van der Waals surface area contributed by atoms with Crippen LogP contribution in [0.15, 0.2) is 84.9 Å². The van der Waals surface area contributed by atoms with Crippen LogP contribution in [0.2, 0.25) is 0 Å². The van der Waals surface area contributed by atoms with Gasteiger partial charge in [-0.3, -0.25) is 20.2 Å². The summed E-state index contributed by atoms with van der Waals surface area (Å²) >= 11 is 5.24. The highest BCUT2D eigenvalue weighted by atomic mass is 32.1. The molecule has 0 unspecified atom stereocenters. The Balaban J connectivity index is 1.33. The molecule has 0 saturated heterocycles. The van der Waals surface area contributed by atoms with E-state index in [9.17, 15) is 14.9 Å². The second-order valence-electron chi connectivity index (χ2n) is 7.40. The van der Waals surface area contributed by atoms with Crippen molar-refractivity contribution >= 4 is 56.4 Å². The first kappa shape index (κ1) is 21.2. The number of fused-ring (bicyclic) bond motifs is 2. The topological polar surface area (TPSA) is 115 Å². The van der Waals surface area contributed by atoms with Crippen molar-refractivity contribution in [3.8, 4) is 5.69 Å². The van der Waals surface area contributed by atoms with Gasteiger partial charge in [-0.1, -0.05) is 36.4 Å². The van der Waals surface area contributed by atoms with Crippen LogP contribution in [0, 0.1) is 10.1 Å². The van der Waals surface area contributed by atoms with Gasteiger partial charge in [0.25, 0.3) is 11.6 Å². The lowest BCUT2D eigenvalue weighted by molar-refractivity contribution is -0.384. The van der Waals surface area contributed by atoms with Crippen LogP contribution in [-0.2, 0) is 0 Å². The van der Waals surface area contributed by atoms with Crippen molar-refractivity contribution in [2.45, 2.75) is 0 Å². The number of nitro groups is 1. The summed E-state index contributed by atoms with van der Waals surface area (Å²) in [4.78, 5) is 24.2. The zero-order valence-electron chi connectivity index (χ0n) is 17.5. The Morgan fingerprint density at radius 3 is 2.44 bits per heavy atom. The van der Waals surface area contributed by atoms with E-state index >= 15 is 0 Å². The molecule has 0 fully saturated rings. The van der Waals surface area contributed by atoms with Gasteiger partial charge in [0.2, 0.25) is 0 Å². The molecule has 10 heteroatoms. The maximum atomic E-state index is 12.4. The fourth-order valence-corrected chi connectivity index (χ4v) is 3.77. The van der Waals surface area contributed by atoms with Crippen molar-refractivity contribution < 1.29 is 9.72 Å². The summed E-state index contributed by atoms with van der Waals surface area (Å²) in [6, 6.07) is 24.6. The molecule has 9 nitrogen and oxygen atoms in total. The number of hydrogen-bond donors (Lipinski definition) is 2. The molecule has 2 N–H and O–H groups in total. The molecule has 0 aliphatic heterocycles. The van der Waals surface area contributed by atoms with Gasteiger partial charge in [0.15, 0.2) is 5.11 Å². The van der Waals surface area contributed by atoms with Gasteiger partial charge in [-0.05, 0) is 54.0 Å². The molecule has 166 valence electrons. The van der Waals surface area contributed by atoms with E-state index in [0.29, 0.717) is 16.7 Å². The number of thiocarbonyl (C=S) groups is 1. The lowest BCUT2D eigenvalue weighted by Crippen LogP contribution is -2.34. The van der Waals surface area contributed by atoms with Gasteiger partial charge in [0.1, 0.15) is 11.0 Å². The first-order valence-electron chi connectivity index (χ1n) is 10.2. The van der Waals surface area contributed by atoms with E-state index in [4.69, 9.17) is 12.2 Å². The summed E-state index contributed by atoms with van der Waals surface area (Å²) in [5, 5.41) is 27.7. The number of rotatable bonds is 4. The van der Waals surface area contributed by atoms with Crippen molar-refractivity contribution in [2.75, 3.05) is 5.32 Å². The quantitative estimate of drug-likeness (QED) is 0.225. The summed E-state index contributed by atoms with van der Waals surface area (Å²) in [5.41, 5.74) is 3.02. The van der Waals surface area contributed by atoms with E-state index < -0.39 is 10.8 Å². The molecule has 0 spiro atoms. The zero-order chi connectivity index (χ0) is 23.7. The number of benzene rings is 4. The number of non-ortho nitro benzene ring substituents is 1. The molecule has 1 heterocycles. The van der Waals surface area contributed by atoms with Crippen molar-refractivity contribution in [1.82, 2.24) is 20.3 Å². The van der Waals surface area contributed by atoms with Crippen LogP contribution in [0.3, 0.4) is 0 Å². The molecule has 0 atom stereocenters. The number of carbonyl (C=O) groups excluding carboxylic acids is 1. The third-order valence-corrected chi connectivity index (χ3v) is 5.39. The van der Waals surface area contributed by atoms with Crippen molar-refractivity contribution in [3.63, 3.8) is 0 Å². The van der Waals surface area contributed by atoms with Gasteiger partial charge in [-0.25, -0.2) is 0 Å². The van der Waals surface area contributed by atoms with E-state index in [1.807, 2.05) is 48.5 Å². The van der Waals surface area contributed by atoms with E-state index in [1.54, 1.807) is 16.9 Å². The molecule has 5 rings (SSSR count). The Morgan fingerprint density at radius 2 is 1.65 bits per heavy atom. The Labute approximate surface area is 198 Å². The Kier molecular flexibility index (Phi) is 5.40. The molecule has 0 radical (unpaired) electrons. The summed E-state index contributed by atoms with van der Waals surface area (Å²) < 4.78 is 0. The van der Waals surface area contributed by atoms with Crippen LogP contribution in [0.25, 0.3) is 27.5 Å². The highest BCUT2D eigenvalue weighted by molar-refractivity contribution is 7.80. The maximum absolute atomic E-state index is 12.4. The van der Waals surface area contributed by atoms with E-state index in [1.165, 1.54) is 24.3 Å². The molecular weight excluding hydrogens is 452 g/mol. The summed E-state index contributed by atoms with van der Waals surface area (Å²) in [6.07, 6.45) is 0. The van der Waals surface area contributed by atoms with Crippen molar-refractivity contribution in [2.24, 2.45) is 0 Å². The van der Waals surface area contributed by atoms with Crippen LogP contribution < -0.4 is 10.6 Å². The smallest absolute Gasteiger partial charge is 0.269 e. The minimum atomic E-state index is -0.527. The monoisotopic (exact) mass is 468 g/mol. The summed E-state index contributed by atoms with van der Waals surface area (Å²) in [6.45, 7) is 0. The molecule has 1 aromatic heterocycles. The van der Waals surface area contributed by atoms with Crippen LogP contribution in [0.4, 0.5) is 11.4 Å². The Hall–Kier alpha value is -4.70. The second-order valence-corrected chi connectivity index (χ2v) is 7.81. The number of anilines is 1. The van der Waals surface area contributed by atoms with Crippen LogP contribution in [-0.4, -0.2) is 30.9 Å². The third-order valence-electron chi connectivity index (χ3n) is 5.19. The molecule has 1 amide bonds. The van der Waals surface area contributed by atoms with Gasteiger partial charge >= 0.3 is 0 Å². The van der Waals surface area contributed by atoms with Crippen LogP contribution >= 0.6 is 12.2 Å². The normalized spacial score (nSPS) is 10.8. The van der Waals surface area contributed by atoms with E-state index in [-0.39, 0.29) is 16.4 Å². The number of aromatic nitrogens is 3. The fourth-order valence-electron chi connectivity index (χ4n) is 3.55. The molecule has 34 heavy (non-hydrogen) atoms. The van der Waals surface area contributed by atoms with Gasteiger partial charge < -0.3 is 5.32 Å². The number of amides is 1. The lowest BCUT2D eigenvalue weighted by Gasteiger charge is -2.09. The summed E-state index contributed by atoms with van der Waals surface area (Å²) in [7, 11) is 0. The van der Waals surface area contributed by atoms with Crippen molar-refractivity contribution in [3.05, 3.63) is 101 Å². The minimum Gasteiger partial charge on any atom is -0.332 e. The summed E-state index contributed by atoms with van der Waals surface area (Å²) in [5.74, 6) is -0.477. The number of nitrogens with one attached hydrogen (secondary N) is 2. The first-order valence-corrected chi connectivity index (χ1v) is 10.6. The van der Waals surface area contributed by atoms with Crippen LogP contribution in [0.1, 0.15) is 10.4 Å². The van der Waals surface area contributed by atoms with Crippen molar-refractivity contribution in [1.29, 1.82) is 0 Å². The minimum absolute atomic E-state index is 0.0872. The molecule has 0 bridgehead atoms. The van der Waals surface area contributed by atoms with E-state index in [0.717, 1.165) is 16.5 Å². The Bertz CT molecular complexity index is 1570. The zero-order valence-corrected chi connectivity index (χ0v) is 18.3. The maximum Gasteiger partial charge on any atom is 0.269 e. The number of nitrogens with zero attached hydrogens (tertiary/aromatic N) is 4. The third kappa shape index (κ3) is 4.17. The van der Waals surface area contributed by atoms with Gasteiger partial charge in [-0.15, -0.1) is 15.0 Å². The Morgan fingerprint density at radius 1 is 0.912 bits per heavy atom. The largest absolute Gasteiger partial charge is 0.332 e. The molecular formula is C24H16N6O3S. The molecule has 0 aliphatic carbocycles. The van der Waals surface area contributed by atoms with Gasteiger partial charge in [0, 0.05) is 28.8 Å². The number of nitro benzene ring substituents is 1. The lowest BCUT2D eigenvalue weighted by atomic mass is 10.1.